The van der Waals surface area contributed by atoms with Crippen molar-refractivity contribution in [3.05, 3.63) is 24.0 Å². The number of rotatable bonds is 5. The normalized spacial score (nSPS) is 24.7. The van der Waals surface area contributed by atoms with Crippen molar-refractivity contribution >= 4 is 23.6 Å². The van der Waals surface area contributed by atoms with Crippen molar-refractivity contribution in [2.45, 2.75) is 31.7 Å². The molecular formula is C17H25N3O2S. The van der Waals surface area contributed by atoms with Crippen LogP contribution in [-0.2, 0) is 4.79 Å². The average Bonchev–Trinajstić information content (AvgIpc) is 3.10. The zero-order valence-corrected chi connectivity index (χ0v) is 14.5. The highest BCUT2D eigenvalue weighted by Crippen LogP contribution is 2.32. The number of carbonyl (C=O) groups excluding carboxylic acids is 2. The Labute approximate surface area is 141 Å². The molecule has 0 unspecified atom stereocenters. The number of carbonyl (C=O) groups is 2. The number of aromatic nitrogens is 1. The van der Waals surface area contributed by atoms with Gasteiger partial charge in [-0.05, 0) is 49.3 Å². The first-order chi connectivity index (χ1) is 11.2. The highest BCUT2D eigenvalue weighted by atomic mass is 32.2. The van der Waals surface area contributed by atoms with Crippen molar-refractivity contribution in [1.82, 2.24) is 14.8 Å². The largest absolute Gasteiger partial charge is 0.357 e. The van der Waals surface area contributed by atoms with Gasteiger partial charge in [-0.25, -0.2) is 0 Å². The number of nitrogens with zero attached hydrogens (tertiary/aromatic N) is 2. The third kappa shape index (κ3) is 3.57. The summed E-state index contributed by atoms with van der Waals surface area (Å²) in [5, 5.41) is 0. The zero-order valence-electron chi connectivity index (χ0n) is 13.7. The first kappa shape index (κ1) is 16.4. The lowest BCUT2D eigenvalue weighted by Crippen LogP contribution is -2.57. The third-order valence-electron chi connectivity index (χ3n) is 5.01. The summed E-state index contributed by atoms with van der Waals surface area (Å²) < 4.78 is 0. The maximum absolute atomic E-state index is 12.5. The molecule has 2 saturated heterocycles. The highest BCUT2D eigenvalue weighted by molar-refractivity contribution is 7.98. The van der Waals surface area contributed by atoms with Crippen molar-refractivity contribution in [2.24, 2.45) is 5.92 Å². The second kappa shape index (κ2) is 7.43. The molecule has 0 saturated carbocycles. The summed E-state index contributed by atoms with van der Waals surface area (Å²) >= 11 is 1.83. The number of H-pyrrole nitrogens is 1. The summed E-state index contributed by atoms with van der Waals surface area (Å²) in [6.07, 6.45) is 7.39. The number of fused-ring (bicyclic) bond motifs is 1. The summed E-state index contributed by atoms with van der Waals surface area (Å²) in [5.41, 5.74) is 0.659. The molecule has 2 atom stereocenters. The highest BCUT2D eigenvalue weighted by Gasteiger charge is 2.40. The SMILES string of the molecule is CSCCCN1C(=O)CC[C@H]2CN(C(=O)c3ccc[nH]3)CC[C@H]21. The molecule has 0 spiro atoms. The number of aromatic amines is 1. The number of hydrogen-bond donors (Lipinski definition) is 1. The lowest BCUT2D eigenvalue weighted by atomic mass is 9.83. The van der Waals surface area contributed by atoms with Gasteiger partial charge >= 0.3 is 0 Å². The first-order valence-electron chi connectivity index (χ1n) is 8.41. The van der Waals surface area contributed by atoms with E-state index < -0.39 is 0 Å². The summed E-state index contributed by atoms with van der Waals surface area (Å²) in [6, 6.07) is 4.01. The van der Waals surface area contributed by atoms with Crippen molar-refractivity contribution in [1.29, 1.82) is 0 Å². The molecule has 0 aromatic carbocycles. The number of hydrogen-bond acceptors (Lipinski definition) is 3. The second-order valence-electron chi connectivity index (χ2n) is 6.42. The summed E-state index contributed by atoms with van der Waals surface area (Å²) in [6.45, 7) is 2.38. The van der Waals surface area contributed by atoms with Crippen LogP contribution in [0, 0.1) is 5.92 Å². The molecule has 1 aromatic rings. The summed E-state index contributed by atoms with van der Waals surface area (Å²) in [7, 11) is 0. The van der Waals surface area contributed by atoms with Crippen LogP contribution in [0.4, 0.5) is 0 Å². The Morgan fingerprint density at radius 3 is 3.04 bits per heavy atom. The molecule has 1 aromatic heterocycles. The van der Waals surface area contributed by atoms with E-state index in [0.29, 0.717) is 30.0 Å². The van der Waals surface area contributed by atoms with Gasteiger partial charge in [0.15, 0.2) is 0 Å². The molecule has 3 rings (SSSR count). The number of thioether (sulfide) groups is 1. The molecule has 1 N–H and O–H groups in total. The smallest absolute Gasteiger partial charge is 0.270 e. The molecule has 0 aliphatic carbocycles. The number of amides is 2. The van der Waals surface area contributed by atoms with Crippen molar-refractivity contribution in [2.75, 3.05) is 31.6 Å². The summed E-state index contributed by atoms with van der Waals surface area (Å²) in [4.78, 5) is 31.8. The molecule has 2 fully saturated rings. The Morgan fingerprint density at radius 1 is 1.43 bits per heavy atom. The fourth-order valence-electron chi connectivity index (χ4n) is 3.84. The van der Waals surface area contributed by atoms with Crippen molar-refractivity contribution in [3.63, 3.8) is 0 Å². The molecule has 126 valence electrons. The minimum Gasteiger partial charge on any atom is -0.357 e. The molecule has 23 heavy (non-hydrogen) atoms. The number of likely N-dealkylation sites (tertiary alicyclic amines) is 2. The van der Waals surface area contributed by atoms with Gasteiger partial charge in [0, 0.05) is 38.3 Å². The fraction of sp³-hybridized carbons (Fsp3) is 0.647. The maximum Gasteiger partial charge on any atom is 0.270 e. The van der Waals surface area contributed by atoms with E-state index in [4.69, 9.17) is 0 Å². The van der Waals surface area contributed by atoms with Crippen LogP contribution in [0.1, 0.15) is 36.2 Å². The third-order valence-corrected chi connectivity index (χ3v) is 5.70. The average molecular weight is 335 g/mol. The van der Waals surface area contributed by atoms with Crippen LogP contribution in [0.15, 0.2) is 18.3 Å². The lowest BCUT2D eigenvalue weighted by molar-refractivity contribution is -0.140. The minimum absolute atomic E-state index is 0.0827. The predicted octanol–water partition coefficient (Wildman–Crippen LogP) is 2.22. The van der Waals surface area contributed by atoms with Gasteiger partial charge in [-0.3, -0.25) is 9.59 Å². The van der Waals surface area contributed by atoms with Crippen molar-refractivity contribution < 1.29 is 9.59 Å². The van der Waals surface area contributed by atoms with Gasteiger partial charge in [0.05, 0.1) is 0 Å². The van der Waals surface area contributed by atoms with E-state index in [-0.39, 0.29) is 5.91 Å². The van der Waals surface area contributed by atoms with Crippen molar-refractivity contribution in [3.8, 4) is 0 Å². The fourth-order valence-corrected chi connectivity index (χ4v) is 4.26. The van der Waals surface area contributed by atoms with Gasteiger partial charge in [0.1, 0.15) is 5.69 Å². The van der Waals surface area contributed by atoms with Crippen LogP contribution >= 0.6 is 11.8 Å². The Balaban J connectivity index is 1.63. The molecule has 3 heterocycles. The van der Waals surface area contributed by atoms with Crippen LogP contribution in [0.2, 0.25) is 0 Å². The molecule has 0 bridgehead atoms. The van der Waals surface area contributed by atoms with Crippen LogP contribution < -0.4 is 0 Å². The summed E-state index contributed by atoms with van der Waals surface area (Å²) in [5.74, 6) is 1.91. The molecule has 2 aliphatic rings. The zero-order chi connectivity index (χ0) is 16.2. The Bertz CT molecular complexity index is 546. The molecule has 0 radical (unpaired) electrons. The van der Waals surface area contributed by atoms with E-state index in [1.165, 1.54) is 0 Å². The van der Waals surface area contributed by atoms with Gasteiger partial charge in [-0.15, -0.1) is 0 Å². The monoisotopic (exact) mass is 335 g/mol. The predicted molar refractivity (Wildman–Crippen MR) is 92.5 cm³/mol. The Kier molecular flexibility index (Phi) is 5.30. The van der Waals surface area contributed by atoms with Gasteiger partial charge in [-0.2, -0.15) is 11.8 Å². The second-order valence-corrected chi connectivity index (χ2v) is 7.41. The topological polar surface area (TPSA) is 56.4 Å². The lowest BCUT2D eigenvalue weighted by Gasteiger charge is -2.47. The standard InChI is InChI=1S/C17H25N3O2S/c1-23-11-3-9-20-15-7-10-19(12-13(15)5-6-16(20)21)17(22)14-4-2-8-18-14/h2,4,8,13,15,18H,3,5-7,9-12H2,1H3/t13-,15+/m0/s1. The van der Waals surface area contributed by atoms with Crippen LogP contribution in [0.5, 0.6) is 0 Å². The first-order valence-corrected chi connectivity index (χ1v) is 9.81. The van der Waals surface area contributed by atoms with E-state index in [1.807, 2.05) is 28.8 Å². The van der Waals surface area contributed by atoms with E-state index >= 15 is 0 Å². The molecule has 2 amide bonds. The Hall–Kier alpha value is -1.43. The van der Waals surface area contributed by atoms with E-state index in [1.54, 1.807) is 6.20 Å². The van der Waals surface area contributed by atoms with Gasteiger partial charge < -0.3 is 14.8 Å². The van der Waals surface area contributed by atoms with E-state index in [0.717, 1.165) is 44.6 Å². The number of piperidine rings is 2. The van der Waals surface area contributed by atoms with Crippen LogP contribution in [0.3, 0.4) is 0 Å². The molecule has 6 heteroatoms. The van der Waals surface area contributed by atoms with E-state index in [2.05, 4.69) is 16.1 Å². The minimum atomic E-state index is 0.0827. The number of nitrogens with one attached hydrogen (secondary N) is 1. The van der Waals surface area contributed by atoms with Crippen LogP contribution in [-0.4, -0.2) is 64.3 Å². The maximum atomic E-state index is 12.5. The van der Waals surface area contributed by atoms with Gasteiger partial charge in [0.2, 0.25) is 5.91 Å². The van der Waals surface area contributed by atoms with Gasteiger partial charge in [0.25, 0.3) is 5.91 Å². The van der Waals surface area contributed by atoms with Crippen LogP contribution in [0.25, 0.3) is 0 Å². The molecule has 5 nitrogen and oxygen atoms in total. The quantitative estimate of drug-likeness (QED) is 0.840. The molecular weight excluding hydrogens is 310 g/mol. The van der Waals surface area contributed by atoms with E-state index in [9.17, 15) is 9.59 Å². The molecule has 2 aliphatic heterocycles. The van der Waals surface area contributed by atoms with Gasteiger partial charge in [-0.1, -0.05) is 0 Å². The Morgan fingerprint density at radius 2 is 2.30 bits per heavy atom.